The van der Waals surface area contributed by atoms with Gasteiger partial charge in [-0.15, -0.1) is 0 Å². The quantitative estimate of drug-likeness (QED) is 0.656. The van der Waals surface area contributed by atoms with Crippen molar-refractivity contribution >= 4 is 17.0 Å². The molecule has 2 aromatic carbocycles. The molecule has 1 aliphatic rings. The molecule has 26 heavy (non-hydrogen) atoms. The Morgan fingerprint density at radius 3 is 2.58 bits per heavy atom. The number of fused-ring (bicyclic) bond motifs is 1. The number of hydrogen-bond donors (Lipinski definition) is 0. The fraction of sp³-hybridized carbons (Fsp3) is 0.304. The predicted molar refractivity (Wildman–Crippen MR) is 108 cm³/mol. The van der Waals surface area contributed by atoms with Gasteiger partial charge in [0.2, 0.25) is 0 Å². The van der Waals surface area contributed by atoms with Gasteiger partial charge in [0.1, 0.15) is 5.82 Å². The third kappa shape index (κ3) is 3.10. The number of benzene rings is 2. The monoisotopic (exact) mass is 344 g/mol. The summed E-state index contributed by atoms with van der Waals surface area (Å²) in [4.78, 5) is 18.2. The second kappa shape index (κ2) is 7.28. The topological polar surface area (TPSA) is 34.9 Å². The molecule has 0 atom stereocenters. The SMILES string of the molecule is CCc1nc2cccc(/C=C/C3CCCC3)c2c(=O)n1-c1ccccc1. The Bertz CT molecular complexity index is 996. The van der Waals surface area contributed by atoms with Gasteiger partial charge in [-0.3, -0.25) is 9.36 Å². The molecule has 0 N–H and O–H groups in total. The molecule has 132 valence electrons. The Morgan fingerprint density at radius 1 is 1.08 bits per heavy atom. The number of rotatable bonds is 4. The summed E-state index contributed by atoms with van der Waals surface area (Å²) < 4.78 is 1.76. The van der Waals surface area contributed by atoms with Crippen LogP contribution in [0.25, 0.3) is 22.7 Å². The summed E-state index contributed by atoms with van der Waals surface area (Å²) in [5.41, 5.74) is 2.65. The van der Waals surface area contributed by atoms with Crippen molar-refractivity contribution in [3.05, 3.63) is 76.3 Å². The smallest absolute Gasteiger partial charge is 0.266 e. The number of aromatic nitrogens is 2. The number of aryl methyl sites for hydroxylation is 1. The van der Waals surface area contributed by atoms with Gasteiger partial charge in [0.15, 0.2) is 0 Å². The Morgan fingerprint density at radius 2 is 1.85 bits per heavy atom. The van der Waals surface area contributed by atoms with Gasteiger partial charge in [-0.05, 0) is 42.5 Å². The molecule has 0 amide bonds. The second-order valence-electron chi connectivity index (χ2n) is 7.00. The lowest BCUT2D eigenvalue weighted by Gasteiger charge is -2.13. The molecule has 0 bridgehead atoms. The molecule has 3 nitrogen and oxygen atoms in total. The maximum absolute atomic E-state index is 13.4. The van der Waals surface area contributed by atoms with Crippen LogP contribution in [0.3, 0.4) is 0 Å². The van der Waals surface area contributed by atoms with E-state index in [-0.39, 0.29) is 5.56 Å². The molecule has 1 saturated carbocycles. The minimum absolute atomic E-state index is 0.0183. The predicted octanol–water partition coefficient (Wildman–Crippen LogP) is 5.15. The van der Waals surface area contributed by atoms with Gasteiger partial charge in [-0.2, -0.15) is 0 Å². The van der Waals surface area contributed by atoms with Gasteiger partial charge in [0.05, 0.1) is 16.6 Å². The van der Waals surface area contributed by atoms with Crippen molar-refractivity contribution < 1.29 is 0 Å². The van der Waals surface area contributed by atoms with Gasteiger partial charge in [-0.25, -0.2) is 4.98 Å². The second-order valence-corrected chi connectivity index (χ2v) is 7.00. The van der Waals surface area contributed by atoms with Crippen LogP contribution in [-0.2, 0) is 6.42 Å². The first-order valence-electron chi connectivity index (χ1n) is 9.56. The van der Waals surface area contributed by atoms with Crippen molar-refractivity contribution in [3.8, 4) is 5.69 Å². The fourth-order valence-corrected chi connectivity index (χ4v) is 3.91. The van der Waals surface area contributed by atoms with Crippen LogP contribution in [-0.4, -0.2) is 9.55 Å². The van der Waals surface area contributed by atoms with Crippen LogP contribution in [0.15, 0.2) is 59.4 Å². The van der Waals surface area contributed by atoms with Gasteiger partial charge < -0.3 is 0 Å². The largest absolute Gasteiger partial charge is 0.268 e. The minimum atomic E-state index is 0.0183. The highest BCUT2D eigenvalue weighted by atomic mass is 16.1. The van der Waals surface area contributed by atoms with Gasteiger partial charge in [0, 0.05) is 6.42 Å². The van der Waals surface area contributed by atoms with E-state index < -0.39 is 0 Å². The van der Waals surface area contributed by atoms with Crippen molar-refractivity contribution in [3.63, 3.8) is 0 Å². The van der Waals surface area contributed by atoms with Crippen LogP contribution in [0, 0.1) is 5.92 Å². The van der Waals surface area contributed by atoms with E-state index in [0.717, 1.165) is 22.6 Å². The van der Waals surface area contributed by atoms with E-state index in [1.54, 1.807) is 4.57 Å². The summed E-state index contributed by atoms with van der Waals surface area (Å²) in [6, 6.07) is 15.8. The molecule has 0 aliphatic heterocycles. The van der Waals surface area contributed by atoms with Gasteiger partial charge in [0.25, 0.3) is 5.56 Å². The Hall–Kier alpha value is -2.68. The summed E-state index contributed by atoms with van der Waals surface area (Å²) in [6.45, 7) is 2.04. The van der Waals surface area contributed by atoms with Crippen molar-refractivity contribution in [2.24, 2.45) is 5.92 Å². The minimum Gasteiger partial charge on any atom is -0.268 e. The molecule has 0 radical (unpaired) electrons. The zero-order chi connectivity index (χ0) is 17.9. The molecule has 1 aromatic heterocycles. The van der Waals surface area contributed by atoms with Crippen LogP contribution in [0.1, 0.15) is 44.0 Å². The number of hydrogen-bond acceptors (Lipinski definition) is 2. The van der Waals surface area contributed by atoms with Crippen LogP contribution < -0.4 is 5.56 Å². The molecule has 3 heteroatoms. The van der Waals surface area contributed by atoms with Gasteiger partial charge >= 0.3 is 0 Å². The fourth-order valence-electron chi connectivity index (χ4n) is 3.91. The lowest BCUT2D eigenvalue weighted by Crippen LogP contribution is -2.24. The van der Waals surface area contributed by atoms with Crippen LogP contribution in [0.5, 0.6) is 0 Å². The molecule has 4 rings (SSSR count). The summed E-state index contributed by atoms with van der Waals surface area (Å²) in [6.07, 6.45) is 10.3. The summed E-state index contributed by atoms with van der Waals surface area (Å²) >= 11 is 0. The molecule has 1 aliphatic carbocycles. The van der Waals surface area contributed by atoms with Crippen LogP contribution in [0.4, 0.5) is 0 Å². The average Bonchev–Trinajstić information content (AvgIpc) is 3.20. The first kappa shape index (κ1) is 16.8. The molecule has 3 aromatic rings. The zero-order valence-electron chi connectivity index (χ0n) is 15.2. The Kier molecular flexibility index (Phi) is 4.70. The molecular weight excluding hydrogens is 320 g/mol. The highest BCUT2D eigenvalue weighted by Gasteiger charge is 2.15. The average molecular weight is 344 g/mol. The Balaban J connectivity index is 1.91. The third-order valence-corrected chi connectivity index (χ3v) is 5.28. The first-order valence-corrected chi connectivity index (χ1v) is 9.56. The normalized spacial score (nSPS) is 15.3. The molecule has 0 unspecified atom stereocenters. The lowest BCUT2D eigenvalue weighted by atomic mass is 10.0. The third-order valence-electron chi connectivity index (χ3n) is 5.28. The summed E-state index contributed by atoms with van der Waals surface area (Å²) in [7, 11) is 0. The van der Waals surface area contributed by atoms with Gasteiger partial charge in [-0.1, -0.05) is 62.2 Å². The number of allylic oxidation sites excluding steroid dienone is 1. The van der Waals surface area contributed by atoms with E-state index in [1.807, 2.05) is 55.5 Å². The van der Waals surface area contributed by atoms with Crippen LogP contribution >= 0.6 is 0 Å². The molecule has 1 fully saturated rings. The molecule has 0 spiro atoms. The van der Waals surface area contributed by atoms with E-state index in [2.05, 4.69) is 12.2 Å². The molecule has 0 saturated heterocycles. The van der Waals surface area contributed by atoms with E-state index in [9.17, 15) is 4.79 Å². The van der Waals surface area contributed by atoms with E-state index in [1.165, 1.54) is 25.7 Å². The lowest BCUT2D eigenvalue weighted by molar-refractivity contribution is 0.689. The van der Waals surface area contributed by atoms with Crippen molar-refractivity contribution in [1.82, 2.24) is 9.55 Å². The van der Waals surface area contributed by atoms with Crippen molar-refractivity contribution in [2.75, 3.05) is 0 Å². The van der Waals surface area contributed by atoms with E-state index in [4.69, 9.17) is 4.98 Å². The highest BCUT2D eigenvalue weighted by molar-refractivity contribution is 5.87. The van der Waals surface area contributed by atoms with Crippen LogP contribution in [0.2, 0.25) is 0 Å². The summed E-state index contributed by atoms with van der Waals surface area (Å²) in [5, 5.41) is 0.711. The Labute approximate surface area is 154 Å². The highest BCUT2D eigenvalue weighted by Crippen LogP contribution is 2.27. The number of nitrogens with zero attached hydrogens (tertiary/aromatic N) is 2. The maximum atomic E-state index is 13.4. The molecule has 1 heterocycles. The zero-order valence-corrected chi connectivity index (χ0v) is 15.2. The van der Waals surface area contributed by atoms with E-state index in [0.29, 0.717) is 17.7 Å². The van der Waals surface area contributed by atoms with Crippen molar-refractivity contribution in [2.45, 2.75) is 39.0 Å². The maximum Gasteiger partial charge on any atom is 0.266 e. The van der Waals surface area contributed by atoms with Crippen molar-refractivity contribution in [1.29, 1.82) is 0 Å². The standard InChI is InChI=1S/C23H24N2O/c1-2-21-24-20-14-8-11-18(16-15-17-9-6-7-10-17)22(20)23(26)25(21)19-12-4-3-5-13-19/h3-5,8,11-17H,2,6-7,9-10H2,1H3/b16-15+. The summed E-state index contributed by atoms with van der Waals surface area (Å²) in [5.74, 6) is 1.44. The number of para-hydroxylation sites is 1. The first-order chi connectivity index (χ1) is 12.8. The molecular formula is C23H24N2O. The van der Waals surface area contributed by atoms with E-state index >= 15 is 0 Å².